The molecule has 11 heteroatoms. The van der Waals surface area contributed by atoms with Crippen molar-refractivity contribution >= 4 is 29.0 Å². The van der Waals surface area contributed by atoms with E-state index in [0.717, 1.165) is 23.7 Å². The summed E-state index contributed by atoms with van der Waals surface area (Å²) in [4.78, 5) is 28.4. The van der Waals surface area contributed by atoms with Gasteiger partial charge in [-0.3, -0.25) is 14.5 Å². The highest BCUT2D eigenvalue weighted by molar-refractivity contribution is 7.10. The number of amides is 2. The topological polar surface area (TPSA) is 114 Å². The van der Waals surface area contributed by atoms with E-state index in [4.69, 9.17) is 4.74 Å². The van der Waals surface area contributed by atoms with E-state index in [9.17, 15) is 9.59 Å². The van der Waals surface area contributed by atoms with Gasteiger partial charge < -0.3 is 15.4 Å². The molecule has 3 aromatic heterocycles. The monoisotopic (exact) mass is 441 g/mol. The Bertz CT molecular complexity index is 1010. The fraction of sp³-hybridized carbons (Fsp3) is 0.350. The number of aromatic nitrogens is 4. The molecule has 162 valence electrons. The van der Waals surface area contributed by atoms with Gasteiger partial charge in [-0.15, -0.1) is 16.4 Å². The minimum Gasteiger partial charge on any atom is -0.379 e. The molecule has 4 heterocycles. The third kappa shape index (κ3) is 5.13. The van der Waals surface area contributed by atoms with Crippen molar-refractivity contribution in [3.05, 3.63) is 52.5 Å². The van der Waals surface area contributed by atoms with E-state index in [1.807, 2.05) is 24.4 Å². The van der Waals surface area contributed by atoms with E-state index in [0.29, 0.717) is 31.4 Å². The number of carbonyl (C=O) groups is 2. The van der Waals surface area contributed by atoms with Crippen LogP contribution in [0.5, 0.6) is 0 Å². The molecule has 1 unspecified atom stereocenters. The van der Waals surface area contributed by atoms with Gasteiger partial charge in [0, 0.05) is 30.6 Å². The molecule has 0 aliphatic carbocycles. The Morgan fingerprint density at radius 3 is 2.71 bits per heavy atom. The van der Waals surface area contributed by atoms with Gasteiger partial charge in [0.2, 0.25) is 0 Å². The highest BCUT2D eigenvalue weighted by Crippen LogP contribution is 2.25. The lowest BCUT2D eigenvalue weighted by Gasteiger charge is -2.34. The van der Waals surface area contributed by atoms with Gasteiger partial charge in [0.05, 0.1) is 31.1 Å². The standard InChI is InChI=1S/C20H23N7O3S/c1-14-4-5-18(25-24-14)27-17(6-7-22-27)23-20(29)19(28)21-13-15(16-3-2-12-31-16)26-8-10-30-11-9-26/h2-7,12,15H,8-11,13H2,1H3,(H,21,28)(H,23,29). The Morgan fingerprint density at radius 2 is 2.00 bits per heavy atom. The Hall–Kier alpha value is -3.15. The van der Waals surface area contributed by atoms with E-state index in [1.54, 1.807) is 29.5 Å². The van der Waals surface area contributed by atoms with Crippen LogP contribution in [0.3, 0.4) is 0 Å². The number of hydrogen-bond donors (Lipinski definition) is 2. The first-order valence-corrected chi connectivity index (χ1v) is 10.8. The largest absolute Gasteiger partial charge is 0.379 e. The van der Waals surface area contributed by atoms with Crippen molar-refractivity contribution in [2.75, 3.05) is 38.2 Å². The van der Waals surface area contributed by atoms with E-state index in [2.05, 4.69) is 30.8 Å². The first-order valence-electron chi connectivity index (χ1n) is 9.91. The summed E-state index contributed by atoms with van der Waals surface area (Å²) in [6.45, 7) is 5.02. The molecule has 3 aromatic rings. The zero-order valence-corrected chi connectivity index (χ0v) is 17.8. The van der Waals surface area contributed by atoms with Crippen LogP contribution >= 0.6 is 11.3 Å². The molecule has 0 saturated carbocycles. The summed E-state index contributed by atoms with van der Waals surface area (Å²) in [5.41, 5.74) is 0.765. The molecule has 1 saturated heterocycles. The number of nitrogens with zero attached hydrogens (tertiary/aromatic N) is 5. The van der Waals surface area contributed by atoms with Gasteiger partial charge in [-0.2, -0.15) is 14.9 Å². The highest BCUT2D eigenvalue weighted by atomic mass is 32.1. The molecule has 0 spiro atoms. The van der Waals surface area contributed by atoms with Crippen molar-refractivity contribution in [3.63, 3.8) is 0 Å². The lowest BCUT2D eigenvalue weighted by atomic mass is 10.2. The van der Waals surface area contributed by atoms with E-state index >= 15 is 0 Å². The number of carbonyl (C=O) groups excluding carboxylic acids is 2. The second kappa shape index (κ2) is 9.77. The molecule has 4 rings (SSSR count). The Morgan fingerprint density at radius 1 is 1.16 bits per heavy atom. The zero-order valence-electron chi connectivity index (χ0n) is 17.0. The van der Waals surface area contributed by atoms with Crippen LogP contribution in [0.25, 0.3) is 5.82 Å². The lowest BCUT2D eigenvalue weighted by Crippen LogP contribution is -2.45. The number of rotatable bonds is 6. The molecule has 1 aliphatic rings. The van der Waals surface area contributed by atoms with Crippen molar-refractivity contribution in [1.82, 2.24) is 30.2 Å². The Labute approximate surface area is 183 Å². The first-order chi connectivity index (χ1) is 15.1. The first kappa shape index (κ1) is 21.1. The second-order valence-corrected chi connectivity index (χ2v) is 7.98. The number of morpholine rings is 1. The van der Waals surface area contributed by atoms with E-state index in [-0.39, 0.29) is 6.04 Å². The van der Waals surface area contributed by atoms with Crippen molar-refractivity contribution in [1.29, 1.82) is 0 Å². The van der Waals surface area contributed by atoms with Crippen LogP contribution in [0.15, 0.2) is 41.9 Å². The summed E-state index contributed by atoms with van der Waals surface area (Å²) in [5, 5.41) is 19.6. The van der Waals surface area contributed by atoms with Gasteiger partial charge in [0.25, 0.3) is 0 Å². The van der Waals surface area contributed by atoms with Gasteiger partial charge in [-0.05, 0) is 30.5 Å². The van der Waals surface area contributed by atoms with Crippen LogP contribution in [0, 0.1) is 6.92 Å². The number of hydrogen-bond acceptors (Lipinski definition) is 8. The van der Waals surface area contributed by atoms with Gasteiger partial charge in [0.15, 0.2) is 5.82 Å². The van der Waals surface area contributed by atoms with Gasteiger partial charge in [-0.1, -0.05) is 6.07 Å². The molecule has 0 bridgehead atoms. The molecular formula is C20H23N7O3S. The average molecular weight is 442 g/mol. The zero-order chi connectivity index (χ0) is 21.6. The number of thiophene rings is 1. The van der Waals surface area contributed by atoms with E-state index in [1.165, 1.54) is 10.9 Å². The van der Waals surface area contributed by atoms with Crippen LogP contribution in [0.4, 0.5) is 5.82 Å². The third-order valence-corrected chi connectivity index (χ3v) is 5.88. The van der Waals surface area contributed by atoms with Crippen molar-refractivity contribution in [3.8, 4) is 5.82 Å². The quantitative estimate of drug-likeness (QED) is 0.552. The number of aryl methyl sites for hydroxylation is 1. The second-order valence-electron chi connectivity index (χ2n) is 7.00. The van der Waals surface area contributed by atoms with Crippen LogP contribution in [0.1, 0.15) is 16.6 Å². The predicted octanol–water partition coefficient (Wildman–Crippen LogP) is 1.16. The number of nitrogens with one attached hydrogen (secondary N) is 2. The number of ether oxygens (including phenoxy) is 1. The smallest absolute Gasteiger partial charge is 0.314 e. The Balaban J connectivity index is 1.39. The van der Waals surface area contributed by atoms with Gasteiger partial charge >= 0.3 is 11.8 Å². The molecule has 2 N–H and O–H groups in total. The van der Waals surface area contributed by atoms with Gasteiger partial charge in [-0.25, -0.2) is 0 Å². The minimum atomic E-state index is -0.770. The maximum atomic E-state index is 12.5. The van der Waals surface area contributed by atoms with E-state index < -0.39 is 11.8 Å². The van der Waals surface area contributed by atoms with Gasteiger partial charge in [0.1, 0.15) is 5.82 Å². The third-order valence-electron chi connectivity index (χ3n) is 4.91. The molecule has 0 aromatic carbocycles. The molecule has 1 atom stereocenters. The average Bonchev–Trinajstić information content (AvgIpc) is 3.48. The van der Waals surface area contributed by atoms with Crippen LogP contribution < -0.4 is 10.6 Å². The summed E-state index contributed by atoms with van der Waals surface area (Å²) >= 11 is 1.63. The maximum Gasteiger partial charge on any atom is 0.314 e. The van der Waals surface area contributed by atoms with Crippen LogP contribution in [-0.4, -0.2) is 69.5 Å². The van der Waals surface area contributed by atoms with Crippen molar-refractivity contribution in [2.24, 2.45) is 0 Å². The van der Waals surface area contributed by atoms with Crippen molar-refractivity contribution < 1.29 is 14.3 Å². The van der Waals surface area contributed by atoms with Crippen LogP contribution in [0.2, 0.25) is 0 Å². The molecule has 2 amide bonds. The summed E-state index contributed by atoms with van der Waals surface area (Å²) in [6, 6.07) is 9.14. The fourth-order valence-corrected chi connectivity index (χ4v) is 4.17. The summed E-state index contributed by atoms with van der Waals surface area (Å²) in [6.07, 6.45) is 1.51. The lowest BCUT2D eigenvalue weighted by molar-refractivity contribution is -0.136. The molecule has 1 aliphatic heterocycles. The summed E-state index contributed by atoms with van der Waals surface area (Å²) < 4.78 is 6.85. The molecule has 0 radical (unpaired) electrons. The fourth-order valence-electron chi connectivity index (χ4n) is 3.31. The summed E-state index contributed by atoms with van der Waals surface area (Å²) in [5.74, 6) is -0.705. The minimum absolute atomic E-state index is 0.00555. The SMILES string of the molecule is Cc1ccc(-n2nccc2NC(=O)C(=O)NCC(c2cccs2)N2CCOCC2)nn1. The van der Waals surface area contributed by atoms with Crippen molar-refractivity contribution in [2.45, 2.75) is 13.0 Å². The van der Waals surface area contributed by atoms with Crippen LogP contribution in [-0.2, 0) is 14.3 Å². The normalized spacial score (nSPS) is 15.4. The number of anilines is 1. The highest BCUT2D eigenvalue weighted by Gasteiger charge is 2.25. The summed E-state index contributed by atoms with van der Waals surface area (Å²) in [7, 11) is 0. The molecular weight excluding hydrogens is 418 g/mol. The molecule has 1 fully saturated rings. The maximum absolute atomic E-state index is 12.5. The molecule has 31 heavy (non-hydrogen) atoms. The predicted molar refractivity (Wildman–Crippen MR) is 115 cm³/mol. The Kier molecular flexibility index (Phi) is 6.65. The molecule has 10 nitrogen and oxygen atoms in total.